The molecule has 0 rings (SSSR count). The van der Waals surface area contributed by atoms with Gasteiger partial charge in [0.05, 0.1) is 0 Å². The van der Waals surface area contributed by atoms with E-state index in [9.17, 15) is 0 Å². The Morgan fingerprint density at radius 1 is 1.55 bits per heavy atom. The number of hydrogen-bond acceptors (Lipinski definition) is 2. The molecule has 0 aliphatic carbocycles. The summed E-state index contributed by atoms with van der Waals surface area (Å²) >= 11 is 0. The van der Waals surface area contributed by atoms with Crippen molar-refractivity contribution >= 4 is 0 Å². The van der Waals surface area contributed by atoms with Gasteiger partial charge in [-0.3, -0.25) is 0 Å². The molecular weight excluding hydrogens is 138 g/mol. The zero-order valence-electron chi connectivity index (χ0n) is 7.35. The SMILES string of the molecule is COC(C)(C)C#CC=CCN. The van der Waals surface area contributed by atoms with Crippen molar-refractivity contribution in [3.05, 3.63) is 12.2 Å². The number of ether oxygens (including phenoxy) is 1. The van der Waals surface area contributed by atoms with Gasteiger partial charge in [-0.25, -0.2) is 0 Å². The molecule has 0 aliphatic heterocycles. The van der Waals surface area contributed by atoms with Crippen LogP contribution in [0.5, 0.6) is 0 Å². The van der Waals surface area contributed by atoms with Crippen LogP contribution in [-0.2, 0) is 4.74 Å². The number of nitrogens with two attached hydrogens (primary N) is 1. The molecular formula is C9H15NO. The summed E-state index contributed by atoms with van der Waals surface area (Å²) in [6.45, 7) is 4.36. The number of hydrogen-bond donors (Lipinski definition) is 1. The molecule has 0 bridgehead atoms. The number of methoxy groups -OCH3 is 1. The second-order valence-corrected chi connectivity index (χ2v) is 2.62. The van der Waals surface area contributed by atoms with Gasteiger partial charge >= 0.3 is 0 Å². The summed E-state index contributed by atoms with van der Waals surface area (Å²) in [7, 11) is 1.64. The molecule has 0 aromatic heterocycles. The molecule has 0 aliphatic rings. The Bertz CT molecular complexity index is 183. The number of allylic oxidation sites excluding steroid dienone is 1. The lowest BCUT2D eigenvalue weighted by molar-refractivity contribution is 0.0742. The summed E-state index contributed by atoms with van der Waals surface area (Å²) in [6, 6.07) is 0. The lowest BCUT2D eigenvalue weighted by atomic mass is 10.1. The summed E-state index contributed by atoms with van der Waals surface area (Å²) in [5.41, 5.74) is 4.86. The first-order valence-corrected chi connectivity index (χ1v) is 3.55. The van der Waals surface area contributed by atoms with Gasteiger partial charge in [0.2, 0.25) is 0 Å². The normalized spacial score (nSPS) is 11.3. The Morgan fingerprint density at radius 3 is 2.64 bits per heavy atom. The maximum atomic E-state index is 5.23. The van der Waals surface area contributed by atoms with Crippen molar-refractivity contribution in [1.82, 2.24) is 0 Å². The van der Waals surface area contributed by atoms with Crippen molar-refractivity contribution in [2.24, 2.45) is 5.73 Å². The Labute approximate surface area is 68.4 Å². The monoisotopic (exact) mass is 153 g/mol. The van der Waals surface area contributed by atoms with Gasteiger partial charge in [-0.1, -0.05) is 17.9 Å². The fourth-order valence-corrected chi connectivity index (χ4v) is 0.393. The average Bonchev–Trinajstić information content (AvgIpc) is 1.99. The standard InChI is InChI=1S/C9H15NO/c1-9(2,11-3)7-5-4-6-8-10/h4,6H,8,10H2,1-3H3. The highest BCUT2D eigenvalue weighted by atomic mass is 16.5. The highest BCUT2D eigenvalue weighted by Crippen LogP contribution is 2.03. The van der Waals surface area contributed by atoms with Crippen LogP contribution in [0.4, 0.5) is 0 Å². The van der Waals surface area contributed by atoms with Crippen LogP contribution in [0.1, 0.15) is 13.8 Å². The summed E-state index contributed by atoms with van der Waals surface area (Å²) < 4.78 is 5.08. The molecule has 0 radical (unpaired) electrons. The van der Waals surface area contributed by atoms with Crippen molar-refractivity contribution in [2.75, 3.05) is 13.7 Å². The third-order valence-electron chi connectivity index (χ3n) is 1.22. The van der Waals surface area contributed by atoms with E-state index >= 15 is 0 Å². The van der Waals surface area contributed by atoms with Gasteiger partial charge in [0.1, 0.15) is 5.60 Å². The minimum Gasteiger partial charge on any atom is -0.366 e. The largest absolute Gasteiger partial charge is 0.366 e. The van der Waals surface area contributed by atoms with Crippen LogP contribution < -0.4 is 5.73 Å². The highest BCUT2D eigenvalue weighted by Gasteiger charge is 2.09. The molecule has 62 valence electrons. The van der Waals surface area contributed by atoms with E-state index in [1.165, 1.54) is 0 Å². The Morgan fingerprint density at radius 2 is 2.18 bits per heavy atom. The Balaban J connectivity index is 3.96. The van der Waals surface area contributed by atoms with E-state index < -0.39 is 0 Å². The average molecular weight is 153 g/mol. The molecule has 0 spiro atoms. The van der Waals surface area contributed by atoms with E-state index in [2.05, 4.69) is 11.8 Å². The second kappa shape index (κ2) is 4.95. The second-order valence-electron chi connectivity index (χ2n) is 2.62. The van der Waals surface area contributed by atoms with Crippen LogP contribution in [0, 0.1) is 11.8 Å². The Hall–Kier alpha value is -0.780. The van der Waals surface area contributed by atoms with Gasteiger partial charge in [-0.2, -0.15) is 0 Å². The predicted octanol–water partition coefficient (Wildman–Crippen LogP) is 0.930. The summed E-state index contributed by atoms with van der Waals surface area (Å²) in [5, 5.41) is 0. The Kier molecular flexibility index (Phi) is 4.60. The zero-order valence-corrected chi connectivity index (χ0v) is 7.35. The summed E-state index contributed by atoms with van der Waals surface area (Å²) in [6.07, 6.45) is 3.54. The minimum atomic E-state index is -0.362. The minimum absolute atomic E-state index is 0.362. The molecule has 2 heteroatoms. The summed E-state index contributed by atoms with van der Waals surface area (Å²) in [4.78, 5) is 0. The first-order valence-electron chi connectivity index (χ1n) is 3.55. The van der Waals surface area contributed by atoms with E-state index in [0.29, 0.717) is 6.54 Å². The molecule has 2 nitrogen and oxygen atoms in total. The van der Waals surface area contributed by atoms with Crippen molar-refractivity contribution in [1.29, 1.82) is 0 Å². The van der Waals surface area contributed by atoms with E-state index in [1.54, 1.807) is 19.3 Å². The van der Waals surface area contributed by atoms with Gasteiger partial charge < -0.3 is 10.5 Å². The first kappa shape index (κ1) is 10.2. The van der Waals surface area contributed by atoms with Crippen LogP contribution in [0.2, 0.25) is 0 Å². The van der Waals surface area contributed by atoms with Crippen LogP contribution in [0.25, 0.3) is 0 Å². The molecule has 0 unspecified atom stereocenters. The predicted molar refractivity (Wildman–Crippen MR) is 47.1 cm³/mol. The van der Waals surface area contributed by atoms with Crippen LogP contribution in [0.3, 0.4) is 0 Å². The molecule has 0 aromatic rings. The molecule has 0 atom stereocenters. The first-order chi connectivity index (χ1) is 5.12. The van der Waals surface area contributed by atoms with Gasteiger partial charge in [-0.15, -0.1) is 0 Å². The lowest BCUT2D eigenvalue weighted by Crippen LogP contribution is -2.18. The van der Waals surface area contributed by atoms with Crippen molar-refractivity contribution in [3.8, 4) is 11.8 Å². The smallest absolute Gasteiger partial charge is 0.123 e. The highest BCUT2D eigenvalue weighted by molar-refractivity contribution is 5.21. The molecule has 0 aromatic carbocycles. The third kappa shape index (κ3) is 5.65. The molecule has 0 fully saturated rings. The number of rotatable bonds is 2. The zero-order chi connectivity index (χ0) is 8.74. The quantitative estimate of drug-likeness (QED) is 0.599. The van der Waals surface area contributed by atoms with Crippen molar-refractivity contribution in [2.45, 2.75) is 19.4 Å². The fourth-order valence-electron chi connectivity index (χ4n) is 0.393. The van der Waals surface area contributed by atoms with Crippen LogP contribution in [-0.4, -0.2) is 19.3 Å². The van der Waals surface area contributed by atoms with Gasteiger partial charge in [0, 0.05) is 13.7 Å². The molecule has 0 saturated carbocycles. The molecule has 0 saturated heterocycles. The maximum absolute atomic E-state index is 5.23. The third-order valence-corrected chi connectivity index (χ3v) is 1.22. The van der Waals surface area contributed by atoms with Crippen molar-refractivity contribution < 1.29 is 4.74 Å². The summed E-state index contributed by atoms with van der Waals surface area (Å²) in [5.74, 6) is 5.77. The van der Waals surface area contributed by atoms with E-state index in [1.807, 2.05) is 13.8 Å². The van der Waals surface area contributed by atoms with Crippen LogP contribution >= 0.6 is 0 Å². The molecule has 0 amide bonds. The maximum Gasteiger partial charge on any atom is 0.123 e. The topological polar surface area (TPSA) is 35.2 Å². The lowest BCUT2D eigenvalue weighted by Gasteiger charge is -2.13. The molecule has 2 N–H and O–H groups in total. The van der Waals surface area contributed by atoms with E-state index in [-0.39, 0.29) is 5.60 Å². The fraction of sp³-hybridized carbons (Fsp3) is 0.556. The van der Waals surface area contributed by atoms with Gasteiger partial charge in [0.25, 0.3) is 0 Å². The van der Waals surface area contributed by atoms with Crippen molar-refractivity contribution in [3.63, 3.8) is 0 Å². The van der Waals surface area contributed by atoms with E-state index in [0.717, 1.165) is 0 Å². The molecule has 11 heavy (non-hydrogen) atoms. The van der Waals surface area contributed by atoms with Gasteiger partial charge in [-0.05, 0) is 19.9 Å². The van der Waals surface area contributed by atoms with E-state index in [4.69, 9.17) is 10.5 Å². The van der Waals surface area contributed by atoms with Crippen LogP contribution in [0.15, 0.2) is 12.2 Å². The molecule has 0 heterocycles. The van der Waals surface area contributed by atoms with Gasteiger partial charge in [0.15, 0.2) is 0 Å².